The third kappa shape index (κ3) is 4.63. The highest BCUT2D eigenvalue weighted by Crippen LogP contribution is 2.68. The fourth-order valence-corrected chi connectivity index (χ4v) is 9.14. The van der Waals surface area contributed by atoms with Gasteiger partial charge < -0.3 is 19.7 Å². The second-order valence-corrected chi connectivity index (χ2v) is 12.3. The molecule has 5 nitrogen and oxygen atoms in total. The molecule has 0 unspecified atom stereocenters. The number of carbonyl (C=O) groups excluding carboxylic acids is 1. The Hall–Kier alpha value is -0.650. The highest BCUT2D eigenvalue weighted by atomic mass is 16.6. The monoisotopic (exact) mass is 464 g/mol. The number of ether oxygens (including phenoxy) is 2. The zero-order valence-corrected chi connectivity index (χ0v) is 21.4. The molecule has 0 aromatic carbocycles. The molecule has 0 spiro atoms. The highest BCUT2D eigenvalue weighted by Gasteiger charge is 2.63. The van der Waals surface area contributed by atoms with Crippen LogP contribution in [-0.2, 0) is 14.3 Å². The van der Waals surface area contributed by atoms with Gasteiger partial charge in [0.05, 0.1) is 18.8 Å². The highest BCUT2D eigenvalue weighted by molar-refractivity contribution is 5.69. The summed E-state index contributed by atoms with van der Waals surface area (Å²) < 4.78 is 10.6. The average Bonchev–Trinajstić information content (AvgIpc) is 3.15. The van der Waals surface area contributed by atoms with Gasteiger partial charge in [-0.1, -0.05) is 20.8 Å². The van der Waals surface area contributed by atoms with E-state index in [1.165, 1.54) is 25.7 Å². The Morgan fingerprint density at radius 2 is 1.82 bits per heavy atom. The zero-order chi connectivity index (χ0) is 23.8. The van der Waals surface area contributed by atoms with Crippen LogP contribution in [0.1, 0.15) is 91.9 Å². The van der Waals surface area contributed by atoms with E-state index in [0.717, 1.165) is 32.1 Å². The standard InChI is InChI=1S/C28H48O5/c1-5-32-14-15-33-26(31)11-6-18(2)22-9-10-23-21-8-7-19-16-20(29)12-13-27(19,3)24(21)17-25(30)28(22,23)4/h18-25,29-30H,5-17H2,1-4H3/t18-,19-,20-,21+,22-,23+,24+,25+,27+,28-/m1/s1. The average molecular weight is 465 g/mol. The Labute approximate surface area is 201 Å². The van der Waals surface area contributed by atoms with Gasteiger partial charge in [-0.15, -0.1) is 0 Å². The van der Waals surface area contributed by atoms with Gasteiger partial charge in [-0.3, -0.25) is 4.79 Å². The quantitative estimate of drug-likeness (QED) is 0.392. The lowest BCUT2D eigenvalue weighted by Gasteiger charge is -2.62. The van der Waals surface area contributed by atoms with Crippen LogP contribution in [-0.4, -0.2) is 48.2 Å². The van der Waals surface area contributed by atoms with Crippen LogP contribution >= 0.6 is 0 Å². The number of hydrogen-bond donors (Lipinski definition) is 2. The van der Waals surface area contributed by atoms with Crippen LogP contribution in [0.4, 0.5) is 0 Å². The Bertz CT molecular complexity index is 681. The van der Waals surface area contributed by atoms with Crippen molar-refractivity contribution in [1.82, 2.24) is 0 Å². The van der Waals surface area contributed by atoms with E-state index in [1.807, 2.05) is 6.92 Å². The van der Waals surface area contributed by atoms with E-state index in [2.05, 4.69) is 20.8 Å². The van der Waals surface area contributed by atoms with E-state index in [1.54, 1.807) is 0 Å². The molecule has 190 valence electrons. The smallest absolute Gasteiger partial charge is 0.305 e. The molecule has 0 radical (unpaired) electrons. The topological polar surface area (TPSA) is 76.0 Å². The summed E-state index contributed by atoms with van der Waals surface area (Å²) >= 11 is 0. The number of aliphatic hydroxyl groups excluding tert-OH is 2. The molecule has 0 aromatic rings. The Morgan fingerprint density at radius 1 is 1.03 bits per heavy atom. The van der Waals surface area contributed by atoms with Crippen molar-refractivity contribution >= 4 is 5.97 Å². The van der Waals surface area contributed by atoms with E-state index < -0.39 is 0 Å². The Kier molecular flexibility index (Phi) is 7.82. The second kappa shape index (κ2) is 10.1. The summed E-state index contributed by atoms with van der Waals surface area (Å²) in [4.78, 5) is 12.2. The van der Waals surface area contributed by atoms with Crippen molar-refractivity contribution in [3.63, 3.8) is 0 Å². The maximum absolute atomic E-state index is 12.2. The molecule has 4 saturated carbocycles. The molecule has 4 rings (SSSR count). The van der Waals surface area contributed by atoms with Gasteiger partial charge in [-0.25, -0.2) is 0 Å². The molecule has 4 fully saturated rings. The minimum Gasteiger partial charge on any atom is -0.463 e. The van der Waals surface area contributed by atoms with Crippen LogP contribution in [0.25, 0.3) is 0 Å². The predicted molar refractivity (Wildman–Crippen MR) is 128 cm³/mol. The normalized spacial score (nSPS) is 45.6. The van der Waals surface area contributed by atoms with Gasteiger partial charge in [-0.05, 0) is 111 Å². The number of hydrogen-bond acceptors (Lipinski definition) is 5. The number of esters is 1. The largest absolute Gasteiger partial charge is 0.463 e. The van der Waals surface area contributed by atoms with Gasteiger partial charge >= 0.3 is 5.97 Å². The first kappa shape index (κ1) is 25.4. The predicted octanol–water partition coefficient (Wildman–Crippen LogP) is 4.97. The minimum atomic E-state index is -0.265. The summed E-state index contributed by atoms with van der Waals surface area (Å²) in [6.07, 6.45) is 9.70. The number of rotatable bonds is 8. The van der Waals surface area contributed by atoms with Crippen molar-refractivity contribution in [2.45, 2.75) is 104 Å². The van der Waals surface area contributed by atoms with Crippen LogP contribution in [0.2, 0.25) is 0 Å². The minimum absolute atomic E-state index is 0.0448. The van der Waals surface area contributed by atoms with Crippen molar-refractivity contribution in [3.05, 3.63) is 0 Å². The van der Waals surface area contributed by atoms with Crippen molar-refractivity contribution in [1.29, 1.82) is 0 Å². The number of aliphatic hydroxyl groups is 2. The number of carbonyl (C=O) groups is 1. The Morgan fingerprint density at radius 3 is 2.58 bits per heavy atom. The van der Waals surface area contributed by atoms with Gasteiger partial charge in [0, 0.05) is 13.0 Å². The molecule has 10 atom stereocenters. The van der Waals surface area contributed by atoms with E-state index in [9.17, 15) is 15.0 Å². The lowest BCUT2D eigenvalue weighted by molar-refractivity contribution is -0.175. The zero-order valence-electron chi connectivity index (χ0n) is 21.4. The summed E-state index contributed by atoms with van der Waals surface area (Å²) in [5.74, 6) is 3.24. The summed E-state index contributed by atoms with van der Waals surface area (Å²) in [5.41, 5.74) is 0.232. The molecule has 0 amide bonds. The molecule has 0 heterocycles. The van der Waals surface area contributed by atoms with E-state index in [4.69, 9.17) is 9.47 Å². The first-order valence-corrected chi connectivity index (χ1v) is 13.8. The maximum Gasteiger partial charge on any atom is 0.305 e. The fourth-order valence-electron chi connectivity index (χ4n) is 9.14. The molecule has 0 bridgehead atoms. The summed E-state index contributed by atoms with van der Waals surface area (Å²) in [5, 5.41) is 21.9. The molecule has 4 aliphatic carbocycles. The van der Waals surface area contributed by atoms with Crippen molar-refractivity contribution in [3.8, 4) is 0 Å². The lowest BCUT2D eigenvalue weighted by Crippen LogP contribution is -2.58. The molecule has 0 aliphatic heterocycles. The van der Waals surface area contributed by atoms with Crippen LogP contribution in [0.3, 0.4) is 0 Å². The van der Waals surface area contributed by atoms with Crippen LogP contribution in [0.15, 0.2) is 0 Å². The summed E-state index contributed by atoms with van der Waals surface area (Å²) in [6.45, 7) is 10.5. The molecule has 4 aliphatic rings. The van der Waals surface area contributed by atoms with E-state index in [0.29, 0.717) is 61.7 Å². The first-order valence-electron chi connectivity index (χ1n) is 13.8. The molecular formula is C28H48O5. The SMILES string of the molecule is CCOCCOC(=O)CC[C@@H](C)[C@H]1CC[C@H]2[C@@H]3CC[C@@H]4C[C@H](O)CC[C@]4(C)[C@H]3C[C@H](O)[C@]12C. The van der Waals surface area contributed by atoms with Gasteiger partial charge in [-0.2, -0.15) is 0 Å². The maximum atomic E-state index is 12.2. The van der Waals surface area contributed by atoms with Gasteiger partial charge in [0.15, 0.2) is 0 Å². The molecule has 5 heteroatoms. The van der Waals surface area contributed by atoms with Gasteiger partial charge in [0.25, 0.3) is 0 Å². The van der Waals surface area contributed by atoms with Gasteiger partial charge in [0.2, 0.25) is 0 Å². The molecule has 33 heavy (non-hydrogen) atoms. The van der Waals surface area contributed by atoms with Crippen LogP contribution in [0, 0.1) is 46.3 Å². The van der Waals surface area contributed by atoms with Gasteiger partial charge in [0.1, 0.15) is 6.61 Å². The Balaban J connectivity index is 1.40. The molecule has 2 N–H and O–H groups in total. The summed E-state index contributed by atoms with van der Waals surface area (Å²) in [6, 6.07) is 0. The third-order valence-electron chi connectivity index (χ3n) is 11.0. The first-order chi connectivity index (χ1) is 15.7. The lowest BCUT2D eigenvalue weighted by atomic mass is 9.43. The van der Waals surface area contributed by atoms with Crippen molar-refractivity contribution in [2.75, 3.05) is 19.8 Å². The van der Waals surface area contributed by atoms with E-state index in [-0.39, 0.29) is 29.0 Å². The summed E-state index contributed by atoms with van der Waals surface area (Å²) in [7, 11) is 0. The molecule has 0 aromatic heterocycles. The second-order valence-electron chi connectivity index (χ2n) is 12.3. The van der Waals surface area contributed by atoms with Crippen LogP contribution < -0.4 is 0 Å². The van der Waals surface area contributed by atoms with Crippen molar-refractivity contribution < 1.29 is 24.5 Å². The van der Waals surface area contributed by atoms with Crippen molar-refractivity contribution in [2.24, 2.45) is 46.3 Å². The van der Waals surface area contributed by atoms with E-state index >= 15 is 0 Å². The van der Waals surface area contributed by atoms with Crippen LogP contribution in [0.5, 0.6) is 0 Å². The fraction of sp³-hybridized carbons (Fsp3) is 0.964. The molecular weight excluding hydrogens is 416 g/mol. The number of fused-ring (bicyclic) bond motifs is 5. The molecule has 0 saturated heterocycles. The third-order valence-corrected chi connectivity index (χ3v) is 11.0.